The molecule has 1 aliphatic heterocycles. The summed E-state index contributed by atoms with van der Waals surface area (Å²) in [6, 6.07) is 0.355. The highest BCUT2D eigenvalue weighted by Gasteiger charge is 2.45. The second-order valence-corrected chi connectivity index (χ2v) is 7.46. The monoisotopic (exact) mass is 278 g/mol. The summed E-state index contributed by atoms with van der Waals surface area (Å²) in [6.07, 6.45) is 9.79. The first-order valence-corrected chi connectivity index (χ1v) is 8.70. The summed E-state index contributed by atoms with van der Waals surface area (Å²) in [7, 11) is 0. The van der Waals surface area contributed by atoms with Gasteiger partial charge in [0.15, 0.2) is 0 Å². The third-order valence-electron chi connectivity index (χ3n) is 6.15. The summed E-state index contributed by atoms with van der Waals surface area (Å²) in [5.41, 5.74) is -0.263. The number of amides is 1. The lowest BCUT2D eigenvalue weighted by atomic mass is 9.83. The van der Waals surface area contributed by atoms with Crippen LogP contribution in [0.15, 0.2) is 0 Å². The van der Waals surface area contributed by atoms with Crippen molar-refractivity contribution in [2.75, 3.05) is 6.54 Å². The van der Waals surface area contributed by atoms with Crippen molar-refractivity contribution >= 4 is 5.91 Å². The highest BCUT2D eigenvalue weighted by atomic mass is 16.2. The molecule has 3 nitrogen and oxygen atoms in total. The fraction of sp³-hybridized carbons (Fsp3) is 0.941. The number of carbonyl (C=O) groups is 1. The van der Waals surface area contributed by atoms with Crippen LogP contribution in [-0.2, 0) is 4.79 Å². The largest absolute Gasteiger partial charge is 0.352 e. The summed E-state index contributed by atoms with van der Waals surface area (Å²) >= 11 is 0. The molecule has 114 valence electrons. The van der Waals surface area contributed by atoms with Crippen LogP contribution in [0.4, 0.5) is 0 Å². The van der Waals surface area contributed by atoms with Crippen LogP contribution >= 0.6 is 0 Å². The highest BCUT2D eigenvalue weighted by Crippen LogP contribution is 2.49. The molecule has 5 unspecified atom stereocenters. The van der Waals surface area contributed by atoms with E-state index in [2.05, 4.69) is 24.5 Å². The van der Waals surface area contributed by atoms with Gasteiger partial charge in [0, 0.05) is 6.04 Å². The Labute approximate surface area is 123 Å². The first kappa shape index (κ1) is 14.4. The van der Waals surface area contributed by atoms with Gasteiger partial charge < -0.3 is 10.6 Å². The topological polar surface area (TPSA) is 41.1 Å². The van der Waals surface area contributed by atoms with Crippen molar-refractivity contribution in [3.63, 3.8) is 0 Å². The van der Waals surface area contributed by atoms with Gasteiger partial charge in [-0.25, -0.2) is 0 Å². The summed E-state index contributed by atoms with van der Waals surface area (Å²) in [6.45, 7) is 5.40. The summed E-state index contributed by atoms with van der Waals surface area (Å²) in [5.74, 6) is 2.84. The number of nitrogens with one attached hydrogen (secondary N) is 2. The molecule has 2 bridgehead atoms. The predicted molar refractivity (Wildman–Crippen MR) is 81.4 cm³/mol. The first-order chi connectivity index (χ1) is 9.64. The molecule has 5 atom stereocenters. The van der Waals surface area contributed by atoms with Gasteiger partial charge in [-0.3, -0.25) is 4.79 Å². The number of fused-ring (bicyclic) bond motifs is 2. The maximum atomic E-state index is 12.8. The molecule has 0 aromatic heterocycles. The van der Waals surface area contributed by atoms with Gasteiger partial charge in [0.05, 0.1) is 5.54 Å². The van der Waals surface area contributed by atoms with Crippen molar-refractivity contribution in [3.05, 3.63) is 0 Å². The van der Waals surface area contributed by atoms with Gasteiger partial charge in [0.1, 0.15) is 0 Å². The zero-order chi connectivity index (χ0) is 14.2. The van der Waals surface area contributed by atoms with Crippen molar-refractivity contribution in [2.24, 2.45) is 17.8 Å². The van der Waals surface area contributed by atoms with Crippen LogP contribution in [0.25, 0.3) is 0 Å². The predicted octanol–water partition coefficient (Wildman–Crippen LogP) is 2.85. The molecular formula is C17H30N2O. The number of rotatable bonds is 5. The third kappa shape index (κ3) is 2.49. The zero-order valence-corrected chi connectivity index (χ0v) is 13.1. The van der Waals surface area contributed by atoms with Crippen molar-refractivity contribution in [1.82, 2.24) is 10.6 Å². The lowest BCUT2D eigenvalue weighted by Gasteiger charge is -2.33. The molecule has 3 aliphatic rings. The van der Waals surface area contributed by atoms with Gasteiger partial charge >= 0.3 is 0 Å². The van der Waals surface area contributed by atoms with Crippen LogP contribution in [-0.4, -0.2) is 24.0 Å². The number of hydrogen-bond acceptors (Lipinski definition) is 2. The highest BCUT2D eigenvalue weighted by molar-refractivity contribution is 5.87. The average Bonchev–Trinajstić information content (AvgIpc) is 3.15. The van der Waals surface area contributed by atoms with E-state index in [4.69, 9.17) is 0 Å². The smallest absolute Gasteiger partial charge is 0.240 e. The lowest BCUT2D eigenvalue weighted by molar-refractivity contribution is -0.128. The van der Waals surface area contributed by atoms with E-state index in [-0.39, 0.29) is 11.4 Å². The van der Waals surface area contributed by atoms with E-state index in [0.717, 1.165) is 50.0 Å². The van der Waals surface area contributed by atoms with Crippen molar-refractivity contribution in [2.45, 2.75) is 76.8 Å². The fourth-order valence-corrected chi connectivity index (χ4v) is 5.11. The van der Waals surface area contributed by atoms with Crippen LogP contribution in [0, 0.1) is 17.8 Å². The summed E-state index contributed by atoms with van der Waals surface area (Å²) in [4.78, 5) is 12.8. The molecule has 2 aliphatic carbocycles. The number of hydrogen-bond donors (Lipinski definition) is 2. The molecule has 0 spiro atoms. The Hall–Kier alpha value is -0.570. The quantitative estimate of drug-likeness (QED) is 0.812. The van der Waals surface area contributed by atoms with E-state index >= 15 is 0 Å². The molecular weight excluding hydrogens is 248 g/mol. The van der Waals surface area contributed by atoms with Gasteiger partial charge in [-0.1, -0.05) is 19.8 Å². The minimum atomic E-state index is -0.263. The molecule has 3 rings (SSSR count). The van der Waals surface area contributed by atoms with E-state index < -0.39 is 0 Å². The van der Waals surface area contributed by atoms with Crippen molar-refractivity contribution in [3.8, 4) is 0 Å². The lowest BCUT2D eigenvalue weighted by Crippen LogP contribution is -2.56. The third-order valence-corrected chi connectivity index (χ3v) is 6.15. The van der Waals surface area contributed by atoms with Gasteiger partial charge in [0.2, 0.25) is 5.91 Å². The molecule has 2 saturated carbocycles. The summed E-state index contributed by atoms with van der Waals surface area (Å²) < 4.78 is 0. The molecule has 2 N–H and O–H groups in total. The molecule has 3 heteroatoms. The van der Waals surface area contributed by atoms with E-state index in [1.165, 1.54) is 25.7 Å². The molecule has 0 radical (unpaired) electrons. The van der Waals surface area contributed by atoms with E-state index in [0.29, 0.717) is 6.04 Å². The minimum Gasteiger partial charge on any atom is -0.352 e. The molecule has 1 amide bonds. The standard InChI is InChI=1S/C17H30N2O/c1-3-7-17(8-4-9-18-17)16(20)19-12(2)15-11-13-5-6-14(15)10-13/h12-15,18H,3-11H2,1-2H3,(H,19,20). The van der Waals surface area contributed by atoms with Crippen LogP contribution in [0.5, 0.6) is 0 Å². The number of carbonyl (C=O) groups excluding carboxylic acids is 1. The van der Waals surface area contributed by atoms with Crippen LogP contribution in [0.1, 0.15) is 65.2 Å². The fourth-order valence-electron chi connectivity index (χ4n) is 5.11. The maximum absolute atomic E-state index is 12.8. The Morgan fingerprint density at radius 1 is 1.40 bits per heavy atom. The van der Waals surface area contributed by atoms with Gasteiger partial charge in [0.25, 0.3) is 0 Å². The minimum absolute atomic E-state index is 0.263. The normalized spacial score (nSPS) is 41.0. The second-order valence-electron chi connectivity index (χ2n) is 7.46. The summed E-state index contributed by atoms with van der Waals surface area (Å²) in [5, 5.41) is 6.86. The van der Waals surface area contributed by atoms with Crippen LogP contribution in [0.2, 0.25) is 0 Å². The Morgan fingerprint density at radius 3 is 2.80 bits per heavy atom. The van der Waals surface area contributed by atoms with E-state index in [1.807, 2.05) is 0 Å². The van der Waals surface area contributed by atoms with Gasteiger partial charge in [-0.2, -0.15) is 0 Å². The Bertz CT molecular complexity index is 362. The Kier molecular flexibility index (Phi) is 4.07. The molecule has 1 heterocycles. The van der Waals surface area contributed by atoms with Crippen LogP contribution in [0.3, 0.4) is 0 Å². The molecule has 3 fully saturated rings. The van der Waals surface area contributed by atoms with Crippen molar-refractivity contribution in [1.29, 1.82) is 0 Å². The molecule has 0 aromatic rings. The Morgan fingerprint density at radius 2 is 2.25 bits per heavy atom. The first-order valence-electron chi connectivity index (χ1n) is 8.70. The molecule has 1 saturated heterocycles. The molecule has 20 heavy (non-hydrogen) atoms. The van der Waals surface area contributed by atoms with Gasteiger partial charge in [-0.15, -0.1) is 0 Å². The Balaban J connectivity index is 1.60. The van der Waals surface area contributed by atoms with Crippen LogP contribution < -0.4 is 10.6 Å². The van der Waals surface area contributed by atoms with Gasteiger partial charge in [-0.05, 0) is 69.7 Å². The van der Waals surface area contributed by atoms with E-state index in [9.17, 15) is 4.79 Å². The maximum Gasteiger partial charge on any atom is 0.240 e. The second kappa shape index (κ2) is 5.67. The zero-order valence-electron chi connectivity index (χ0n) is 13.1. The molecule has 0 aromatic carbocycles. The SMILES string of the molecule is CCCC1(C(=O)NC(C)C2CC3CCC2C3)CCCN1. The van der Waals surface area contributed by atoms with Crippen molar-refractivity contribution < 1.29 is 4.79 Å². The van der Waals surface area contributed by atoms with E-state index in [1.54, 1.807) is 0 Å². The average molecular weight is 278 g/mol.